The monoisotopic (exact) mass is 293 g/mol. The Bertz CT molecular complexity index is 477. The number of rotatable bonds is 2. The molecule has 4 heteroatoms. The Balaban J connectivity index is 1.71. The second-order valence-electron chi connectivity index (χ2n) is 6.27. The second-order valence-corrected chi connectivity index (χ2v) is 6.68. The number of piperidine rings is 1. The molecule has 0 radical (unpaired) electrons. The minimum atomic E-state index is 0.585. The maximum Gasteiger partial charge on any atom is 0.0452 e. The van der Waals surface area contributed by atoms with Gasteiger partial charge in [-0.1, -0.05) is 18.0 Å². The van der Waals surface area contributed by atoms with Gasteiger partial charge in [-0.25, -0.2) is 0 Å². The van der Waals surface area contributed by atoms with Crippen LogP contribution in [0.3, 0.4) is 0 Å². The molecule has 2 N–H and O–H groups in total. The molecular weight excluding hydrogens is 270 g/mol. The van der Waals surface area contributed by atoms with Crippen LogP contribution in [0.4, 0.5) is 5.69 Å². The fraction of sp³-hybridized carbons (Fsp3) is 0.625. The van der Waals surface area contributed by atoms with Crippen molar-refractivity contribution < 1.29 is 0 Å². The fourth-order valence-corrected chi connectivity index (χ4v) is 3.74. The molecular formula is C16H24ClN3. The summed E-state index contributed by atoms with van der Waals surface area (Å²) in [6.07, 6.45) is 4.08. The van der Waals surface area contributed by atoms with Crippen molar-refractivity contribution >= 4 is 17.3 Å². The van der Waals surface area contributed by atoms with Gasteiger partial charge in [0.25, 0.3) is 0 Å². The summed E-state index contributed by atoms with van der Waals surface area (Å²) in [5.74, 6) is 0. The molecule has 3 rings (SSSR count). The highest BCUT2D eigenvalue weighted by atomic mass is 35.5. The molecule has 0 aromatic heterocycles. The number of halogens is 1. The number of anilines is 1. The van der Waals surface area contributed by atoms with E-state index in [4.69, 9.17) is 17.3 Å². The van der Waals surface area contributed by atoms with Gasteiger partial charge >= 0.3 is 0 Å². The van der Waals surface area contributed by atoms with Crippen LogP contribution in [0.2, 0.25) is 5.02 Å². The number of fused-ring (bicyclic) bond motifs is 1. The molecule has 2 aliphatic heterocycles. The number of nitrogen functional groups attached to an aromatic ring is 1. The molecule has 0 amide bonds. The number of benzene rings is 1. The average molecular weight is 294 g/mol. The summed E-state index contributed by atoms with van der Waals surface area (Å²) in [5.41, 5.74) is 7.84. The van der Waals surface area contributed by atoms with Crippen LogP contribution in [0.1, 0.15) is 31.7 Å². The molecule has 0 aliphatic carbocycles. The summed E-state index contributed by atoms with van der Waals surface area (Å²) < 4.78 is 0. The Hall–Kier alpha value is -0.770. The Labute approximate surface area is 126 Å². The standard InChI is InChI=1S/C16H24ClN3/c1-12-9-19-7-3-2-4-15(19)11-20(12)10-13-8-14(18)5-6-16(13)17/h5-6,8,12,15H,2-4,7,9-11,18H2,1H3. The highest BCUT2D eigenvalue weighted by Crippen LogP contribution is 2.27. The topological polar surface area (TPSA) is 32.5 Å². The molecule has 1 aromatic rings. The maximum absolute atomic E-state index is 6.31. The van der Waals surface area contributed by atoms with E-state index in [-0.39, 0.29) is 0 Å². The molecule has 2 heterocycles. The zero-order chi connectivity index (χ0) is 14.1. The van der Waals surface area contributed by atoms with Crippen molar-refractivity contribution in [2.75, 3.05) is 25.4 Å². The molecule has 0 bridgehead atoms. The third kappa shape index (κ3) is 2.95. The van der Waals surface area contributed by atoms with Crippen LogP contribution in [0.25, 0.3) is 0 Å². The molecule has 2 atom stereocenters. The van der Waals surface area contributed by atoms with Gasteiger partial charge < -0.3 is 5.73 Å². The molecule has 0 saturated carbocycles. The van der Waals surface area contributed by atoms with Crippen molar-refractivity contribution in [3.63, 3.8) is 0 Å². The average Bonchev–Trinajstić information content (AvgIpc) is 2.43. The van der Waals surface area contributed by atoms with E-state index in [9.17, 15) is 0 Å². The van der Waals surface area contributed by atoms with Crippen LogP contribution in [-0.2, 0) is 6.54 Å². The molecule has 2 unspecified atom stereocenters. The summed E-state index contributed by atoms with van der Waals surface area (Å²) in [4.78, 5) is 5.23. The van der Waals surface area contributed by atoms with Crippen LogP contribution in [0.5, 0.6) is 0 Å². The first kappa shape index (κ1) is 14.2. The lowest BCUT2D eigenvalue weighted by Gasteiger charge is -2.47. The van der Waals surface area contributed by atoms with Gasteiger partial charge in [-0.3, -0.25) is 9.80 Å². The molecule has 2 saturated heterocycles. The van der Waals surface area contributed by atoms with Gasteiger partial charge in [0.05, 0.1) is 0 Å². The van der Waals surface area contributed by atoms with E-state index in [1.165, 1.54) is 32.4 Å². The molecule has 2 aliphatic rings. The third-order valence-electron chi connectivity index (χ3n) is 4.76. The molecule has 1 aromatic carbocycles. The summed E-state index contributed by atoms with van der Waals surface area (Å²) >= 11 is 6.31. The van der Waals surface area contributed by atoms with Gasteiger partial charge in [0.1, 0.15) is 0 Å². The highest BCUT2D eigenvalue weighted by molar-refractivity contribution is 6.31. The summed E-state index contributed by atoms with van der Waals surface area (Å²) in [6, 6.07) is 7.12. The fourth-order valence-electron chi connectivity index (χ4n) is 3.57. The van der Waals surface area contributed by atoms with E-state index < -0.39 is 0 Å². The summed E-state index contributed by atoms with van der Waals surface area (Å²) in [7, 11) is 0. The van der Waals surface area contributed by atoms with Crippen molar-refractivity contribution in [3.05, 3.63) is 28.8 Å². The predicted molar refractivity (Wildman–Crippen MR) is 84.9 cm³/mol. The molecule has 3 nitrogen and oxygen atoms in total. The summed E-state index contributed by atoms with van der Waals surface area (Å²) in [6.45, 7) is 6.86. The van der Waals surface area contributed by atoms with Gasteiger partial charge in [0.2, 0.25) is 0 Å². The van der Waals surface area contributed by atoms with E-state index in [2.05, 4.69) is 16.7 Å². The third-order valence-corrected chi connectivity index (χ3v) is 5.13. The van der Waals surface area contributed by atoms with Crippen LogP contribution >= 0.6 is 11.6 Å². The number of hydrogen-bond acceptors (Lipinski definition) is 3. The van der Waals surface area contributed by atoms with Crippen molar-refractivity contribution in [2.24, 2.45) is 0 Å². The van der Waals surface area contributed by atoms with Crippen molar-refractivity contribution in [2.45, 2.75) is 44.8 Å². The number of nitrogens with two attached hydrogens (primary N) is 1. The largest absolute Gasteiger partial charge is 0.399 e. The van der Waals surface area contributed by atoms with Crippen LogP contribution in [0.15, 0.2) is 18.2 Å². The lowest BCUT2D eigenvalue weighted by atomic mass is 9.96. The Morgan fingerprint density at radius 1 is 1.30 bits per heavy atom. The lowest BCUT2D eigenvalue weighted by molar-refractivity contribution is 0.0111. The van der Waals surface area contributed by atoms with E-state index in [1.807, 2.05) is 18.2 Å². The Morgan fingerprint density at radius 3 is 3.00 bits per heavy atom. The van der Waals surface area contributed by atoms with Crippen molar-refractivity contribution in [3.8, 4) is 0 Å². The number of piperazine rings is 1. The Kier molecular flexibility index (Phi) is 4.20. The Morgan fingerprint density at radius 2 is 2.15 bits per heavy atom. The molecule has 0 spiro atoms. The van der Waals surface area contributed by atoms with E-state index in [0.717, 1.165) is 35.4 Å². The van der Waals surface area contributed by atoms with Gasteiger partial charge in [-0.05, 0) is 50.1 Å². The number of nitrogens with zero attached hydrogens (tertiary/aromatic N) is 2. The normalized spacial score (nSPS) is 28.3. The SMILES string of the molecule is CC1CN2CCCCC2CN1Cc1cc(N)ccc1Cl. The first-order chi connectivity index (χ1) is 9.63. The zero-order valence-electron chi connectivity index (χ0n) is 12.2. The highest BCUT2D eigenvalue weighted by Gasteiger charge is 2.32. The smallest absolute Gasteiger partial charge is 0.0452 e. The zero-order valence-corrected chi connectivity index (χ0v) is 12.9. The minimum absolute atomic E-state index is 0.585. The molecule has 2 fully saturated rings. The number of hydrogen-bond donors (Lipinski definition) is 1. The first-order valence-electron chi connectivity index (χ1n) is 7.65. The lowest BCUT2D eigenvalue weighted by Crippen LogP contribution is -2.58. The van der Waals surface area contributed by atoms with Crippen LogP contribution in [-0.4, -0.2) is 41.5 Å². The van der Waals surface area contributed by atoms with Gasteiger partial charge in [0.15, 0.2) is 0 Å². The quantitative estimate of drug-likeness (QED) is 0.851. The first-order valence-corrected chi connectivity index (χ1v) is 8.03. The summed E-state index contributed by atoms with van der Waals surface area (Å²) in [5, 5.41) is 0.831. The maximum atomic E-state index is 6.31. The van der Waals surface area contributed by atoms with Crippen molar-refractivity contribution in [1.29, 1.82) is 0 Å². The van der Waals surface area contributed by atoms with Crippen molar-refractivity contribution in [1.82, 2.24) is 9.80 Å². The minimum Gasteiger partial charge on any atom is -0.399 e. The van der Waals surface area contributed by atoms with Gasteiger partial charge in [0, 0.05) is 42.4 Å². The van der Waals surface area contributed by atoms with E-state index >= 15 is 0 Å². The van der Waals surface area contributed by atoms with E-state index in [0.29, 0.717) is 6.04 Å². The van der Waals surface area contributed by atoms with Gasteiger partial charge in [-0.2, -0.15) is 0 Å². The second kappa shape index (κ2) is 5.92. The molecule has 110 valence electrons. The van der Waals surface area contributed by atoms with Crippen LogP contribution in [0, 0.1) is 0 Å². The molecule has 20 heavy (non-hydrogen) atoms. The predicted octanol–water partition coefficient (Wildman–Crippen LogP) is 2.98. The van der Waals surface area contributed by atoms with Crippen LogP contribution < -0.4 is 5.73 Å². The van der Waals surface area contributed by atoms with Gasteiger partial charge in [-0.15, -0.1) is 0 Å². The van der Waals surface area contributed by atoms with E-state index in [1.54, 1.807) is 0 Å².